The first-order valence-corrected chi connectivity index (χ1v) is 11.7. The molecular formula is C18H20ClN3O5S2. The number of sulfonamides is 1. The van der Waals surface area contributed by atoms with Crippen LogP contribution in [0.3, 0.4) is 0 Å². The van der Waals surface area contributed by atoms with Gasteiger partial charge in [0.15, 0.2) is 5.13 Å². The number of nitrogens with zero attached hydrogens (tertiary/aromatic N) is 2. The van der Waals surface area contributed by atoms with E-state index < -0.39 is 27.9 Å². The molecule has 1 amide bonds. The van der Waals surface area contributed by atoms with Gasteiger partial charge in [0.2, 0.25) is 15.9 Å². The van der Waals surface area contributed by atoms with Crippen LogP contribution in [0.2, 0.25) is 5.02 Å². The Balaban J connectivity index is 1.70. The molecule has 1 saturated heterocycles. The van der Waals surface area contributed by atoms with Crippen molar-refractivity contribution in [3.8, 4) is 0 Å². The van der Waals surface area contributed by atoms with Crippen LogP contribution >= 0.6 is 22.9 Å². The zero-order chi connectivity index (χ0) is 21.0. The van der Waals surface area contributed by atoms with Crippen molar-refractivity contribution >= 4 is 50.0 Å². The van der Waals surface area contributed by atoms with E-state index >= 15 is 0 Å². The Labute approximate surface area is 177 Å². The number of carbonyl (C=O) groups excluding carboxylic acids is 2. The number of amides is 1. The minimum Gasteiger partial charge on any atom is -0.466 e. The van der Waals surface area contributed by atoms with Crippen molar-refractivity contribution in [1.29, 1.82) is 0 Å². The highest BCUT2D eigenvalue weighted by Gasteiger charge is 2.39. The Morgan fingerprint density at radius 3 is 2.76 bits per heavy atom. The summed E-state index contributed by atoms with van der Waals surface area (Å²) in [5.41, 5.74) is 0.487. The van der Waals surface area contributed by atoms with E-state index in [9.17, 15) is 18.0 Å². The van der Waals surface area contributed by atoms with Crippen molar-refractivity contribution in [2.45, 2.75) is 37.1 Å². The molecular weight excluding hydrogens is 438 g/mol. The van der Waals surface area contributed by atoms with Crippen LogP contribution in [0, 0.1) is 0 Å². The number of ether oxygens (including phenoxy) is 1. The van der Waals surface area contributed by atoms with Crippen LogP contribution in [-0.4, -0.2) is 48.8 Å². The van der Waals surface area contributed by atoms with Gasteiger partial charge in [-0.05, 0) is 44.0 Å². The summed E-state index contributed by atoms with van der Waals surface area (Å²) in [4.78, 5) is 28.6. The van der Waals surface area contributed by atoms with Crippen molar-refractivity contribution in [2.24, 2.45) is 0 Å². The second-order valence-corrected chi connectivity index (χ2v) is 9.53. The number of aromatic nitrogens is 1. The molecule has 1 aromatic carbocycles. The first-order valence-electron chi connectivity index (χ1n) is 8.99. The second-order valence-electron chi connectivity index (χ2n) is 6.34. The van der Waals surface area contributed by atoms with Gasteiger partial charge in [0, 0.05) is 16.9 Å². The number of rotatable bonds is 7. The fourth-order valence-electron chi connectivity index (χ4n) is 3.03. The Bertz CT molecular complexity index is 991. The minimum absolute atomic E-state index is 0.0146. The molecule has 0 aliphatic carbocycles. The monoisotopic (exact) mass is 457 g/mol. The van der Waals surface area contributed by atoms with Crippen molar-refractivity contribution < 1.29 is 22.7 Å². The molecule has 11 heteroatoms. The third-order valence-electron chi connectivity index (χ3n) is 4.34. The normalized spacial score (nSPS) is 17.2. The first kappa shape index (κ1) is 21.7. The van der Waals surface area contributed by atoms with Gasteiger partial charge >= 0.3 is 5.97 Å². The Morgan fingerprint density at radius 1 is 1.34 bits per heavy atom. The van der Waals surface area contributed by atoms with Crippen LogP contribution in [0.25, 0.3) is 0 Å². The molecule has 0 saturated carbocycles. The third kappa shape index (κ3) is 5.13. The molecule has 29 heavy (non-hydrogen) atoms. The van der Waals surface area contributed by atoms with Crippen molar-refractivity contribution in [1.82, 2.24) is 9.29 Å². The van der Waals surface area contributed by atoms with E-state index in [2.05, 4.69) is 10.3 Å². The van der Waals surface area contributed by atoms with Crippen LogP contribution in [-0.2, 0) is 30.8 Å². The van der Waals surface area contributed by atoms with E-state index in [0.29, 0.717) is 28.7 Å². The van der Waals surface area contributed by atoms with Crippen LogP contribution in [0.1, 0.15) is 25.5 Å². The lowest BCUT2D eigenvalue weighted by molar-refractivity contribution is -0.142. The number of thiazole rings is 1. The number of carbonyl (C=O) groups is 2. The van der Waals surface area contributed by atoms with Crippen LogP contribution < -0.4 is 5.32 Å². The molecule has 1 N–H and O–H groups in total. The highest BCUT2D eigenvalue weighted by molar-refractivity contribution is 7.89. The minimum atomic E-state index is -3.82. The molecule has 0 bridgehead atoms. The lowest BCUT2D eigenvalue weighted by atomic mass is 10.2. The predicted octanol–water partition coefficient (Wildman–Crippen LogP) is 2.69. The maximum atomic E-state index is 12.9. The zero-order valence-electron chi connectivity index (χ0n) is 15.6. The molecule has 1 atom stereocenters. The molecule has 8 nitrogen and oxygen atoms in total. The van der Waals surface area contributed by atoms with Gasteiger partial charge in [0.1, 0.15) is 6.04 Å². The van der Waals surface area contributed by atoms with Gasteiger partial charge in [-0.1, -0.05) is 11.6 Å². The predicted molar refractivity (Wildman–Crippen MR) is 109 cm³/mol. The van der Waals surface area contributed by atoms with Crippen molar-refractivity contribution in [3.63, 3.8) is 0 Å². The maximum Gasteiger partial charge on any atom is 0.311 e. The number of hydrogen-bond acceptors (Lipinski definition) is 7. The standard InChI is InChI=1S/C18H20ClN3O5S2/c1-2-27-16(23)10-13-11-28-18(20-13)21-17(24)15-4-3-9-22(15)29(25,26)14-7-5-12(19)6-8-14/h5-8,11,15H,2-4,9-10H2,1H3,(H,20,21,24)/t15-/m1/s1. The summed E-state index contributed by atoms with van der Waals surface area (Å²) < 4.78 is 32.0. The first-order chi connectivity index (χ1) is 13.8. The van der Waals surface area contributed by atoms with Gasteiger partial charge in [0.05, 0.1) is 23.6 Å². The van der Waals surface area contributed by atoms with Gasteiger partial charge in [-0.15, -0.1) is 11.3 Å². The molecule has 0 spiro atoms. The SMILES string of the molecule is CCOC(=O)Cc1csc(NC(=O)[C@H]2CCCN2S(=O)(=O)c2ccc(Cl)cc2)n1. The summed E-state index contributed by atoms with van der Waals surface area (Å²) in [5, 5.41) is 5.06. The fraction of sp³-hybridized carbons (Fsp3) is 0.389. The number of anilines is 1. The largest absolute Gasteiger partial charge is 0.466 e. The number of nitrogens with one attached hydrogen (secondary N) is 1. The molecule has 1 fully saturated rings. The number of hydrogen-bond donors (Lipinski definition) is 1. The van der Waals surface area contributed by atoms with Gasteiger partial charge in [-0.25, -0.2) is 13.4 Å². The highest BCUT2D eigenvalue weighted by Crippen LogP contribution is 2.28. The van der Waals surface area contributed by atoms with E-state index in [-0.39, 0.29) is 24.5 Å². The Hall–Kier alpha value is -2.01. The lowest BCUT2D eigenvalue weighted by Gasteiger charge is -2.23. The number of benzene rings is 1. The van der Waals surface area contributed by atoms with Crippen molar-refractivity contribution in [2.75, 3.05) is 18.5 Å². The van der Waals surface area contributed by atoms with Crippen LogP contribution in [0.5, 0.6) is 0 Å². The maximum absolute atomic E-state index is 12.9. The van der Waals surface area contributed by atoms with E-state index in [1.54, 1.807) is 12.3 Å². The molecule has 1 aromatic heterocycles. The summed E-state index contributed by atoms with van der Waals surface area (Å²) >= 11 is 7.00. The average molecular weight is 458 g/mol. The third-order valence-corrected chi connectivity index (χ3v) is 7.32. The lowest BCUT2D eigenvalue weighted by Crippen LogP contribution is -2.43. The highest BCUT2D eigenvalue weighted by atomic mass is 35.5. The number of halogens is 1. The quantitative estimate of drug-likeness (QED) is 0.641. The van der Waals surface area contributed by atoms with Crippen molar-refractivity contribution in [3.05, 3.63) is 40.4 Å². The summed E-state index contributed by atoms with van der Waals surface area (Å²) in [7, 11) is -3.82. The fourth-order valence-corrected chi connectivity index (χ4v) is 5.52. The van der Waals surface area contributed by atoms with E-state index in [1.165, 1.54) is 39.9 Å². The van der Waals surface area contributed by atoms with E-state index in [1.807, 2.05) is 0 Å². The van der Waals surface area contributed by atoms with E-state index in [0.717, 1.165) is 0 Å². The molecule has 2 heterocycles. The van der Waals surface area contributed by atoms with E-state index in [4.69, 9.17) is 16.3 Å². The molecule has 1 aliphatic heterocycles. The number of esters is 1. The smallest absolute Gasteiger partial charge is 0.311 e. The zero-order valence-corrected chi connectivity index (χ0v) is 18.0. The molecule has 2 aromatic rings. The average Bonchev–Trinajstić information content (AvgIpc) is 3.32. The van der Waals surface area contributed by atoms with Gasteiger partial charge in [-0.2, -0.15) is 4.31 Å². The molecule has 1 aliphatic rings. The van der Waals surface area contributed by atoms with Gasteiger partial charge in [0.25, 0.3) is 0 Å². The van der Waals surface area contributed by atoms with Crippen LogP contribution in [0.15, 0.2) is 34.5 Å². The molecule has 0 unspecified atom stereocenters. The van der Waals surface area contributed by atoms with Crippen LogP contribution in [0.4, 0.5) is 5.13 Å². The molecule has 0 radical (unpaired) electrons. The molecule has 3 rings (SSSR count). The van der Waals surface area contributed by atoms with Gasteiger partial charge < -0.3 is 10.1 Å². The Morgan fingerprint density at radius 2 is 2.07 bits per heavy atom. The summed E-state index contributed by atoms with van der Waals surface area (Å²) in [6.07, 6.45) is 1.01. The topological polar surface area (TPSA) is 106 Å². The van der Waals surface area contributed by atoms with Gasteiger partial charge in [-0.3, -0.25) is 9.59 Å². The second kappa shape index (κ2) is 9.21. The Kier molecular flexibility index (Phi) is 6.89. The summed E-state index contributed by atoms with van der Waals surface area (Å²) in [6.45, 7) is 2.26. The summed E-state index contributed by atoms with van der Waals surface area (Å²) in [6, 6.07) is 5.02. The molecule has 156 valence electrons. The summed E-state index contributed by atoms with van der Waals surface area (Å²) in [5.74, 6) is -0.844.